The van der Waals surface area contributed by atoms with Crippen LogP contribution in [-0.2, 0) is 4.18 Å². The van der Waals surface area contributed by atoms with Crippen LogP contribution < -0.4 is 5.43 Å². The second-order valence-corrected chi connectivity index (χ2v) is 4.00. The van der Waals surface area contributed by atoms with Gasteiger partial charge in [-0.1, -0.05) is 24.3 Å². The highest BCUT2D eigenvalue weighted by Crippen LogP contribution is 2.25. The first-order chi connectivity index (χ1) is 7.95. The molecule has 0 aliphatic carbocycles. The fourth-order valence-electron chi connectivity index (χ4n) is 1.58. The maximum absolute atomic E-state index is 5.10. The molecule has 16 heavy (non-hydrogen) atoms. The van der Waals surface area contributed by atoms with Gasteiger partial charge in [-0.2, -0.15) is 5.10 Å². The van der Waals surface area contributed by atoms with Gasteiger partial charge >= 0.3 is 0 Å². The van der Waals surface area contributed by atoms with Crippen molar-refractivity contribution >= 4 is 24.1 Å². The third-order valence-electron chi connectivity index (χ3n) is 2.29. The smallest absolute Gasteiger partial charge is 0.185 e. The summed E-state index contributed by atoms with van der Waals surface area (Å²) in [6, 6.07) is 8.10. The number of hydrogen-bond acceptors (Lipinski definition) is 5. The minimum Gasteiger partial charge on any atom is -0.411 e. The first-order valence-corrected chi connectivity index (χ1v) is 5.53. The van der Waals surface area contributed by atoms with Gasteiger partial charge in [0.1, 0.15) is 6.26 Å². The molecule has 5 heteroatoms. The molecule has 0 atom stereocenters. The van der Waals surface area contributed by atoms with Crippen molar-refractivity contribution in [2.45, 2.75) is 0 Å². The summed E-state index contributed by atoms with van der Waals surface area (Å²) in [6.07, 6.45) is 7.29. The van der Waals surface area contributed by atoms with E-state index in [1.807, 2.05) is 41.0 Å². The normalized spacial score (nSPS) is 17.2. The van der Waals surface area contributed by atoms with Crippen molar-refractivity contribution in [3.05, 3.63) is 54.1 Å². The van der Waals surface area contributed by atoms with Gasteiger partial charge in [0.2, 0.25) is 0 Å². The van der Waals surface area contributed by atoms with E-state index in [-0.39, 0.29) is 0 Å². The Bertz CT molecular complexity index is 496. The van der Waals surface area contributed by atoms with Crippen molar-refractivity contribution in [3.8, 4) is 0 Å². The van der Waals surface area contributed by atoms with Gasteiger partial charge in [-0.05, 0) is 11.6 Å². The molecule has 0 radical (unpaired) electrons. The Balaban J connectivity index is 2.07. The molecule has 3 rings (SSSR count). The van der Waals surface area contributed by atoms with Crippen LogP contribution in [0.15, 0.2) is 48.0 Å². The molecule has 0 aromatic heterocycles. The molecule has 1 aromatic rings. The molecule has 2 aliphatic rings. The van der Waals surface area contributed by atoms with E-state index in [1.165, 1.54) is 12.2 Å². The molecule has 1 N–H and O–H groups in total. The summed E-state index contributed by atoms with van der Waals surface area (Å²) in [6.45, 7) is 0. The van der Waals surface area contributed by atoms with Crippen molar-refractivity contribution in [2.24, 2.45) is 5.10 Å². The van der Waals surface area contributed by atoms with Gasteiger partial charge in [0, 0.05) is 11.8 Å². The molecule has 0 amide bonds. The van der Waals surface area contributed by atoms with Crippen molar-refractivity contribution in [2.75, 3.05) is 0 Å². The van der Waals surface area contributed by atoms with Crippen LogP contribution in [-0.4, -0.2) is 10.1 Å². The summed E-state index contributed by atoms with van der Waals surface area (Å²) in [5.41, 5.74) is 5.09. The Kier molecular flexibility index (Phi) is 2.30. The fraction of sp³-hybridized carbons (Fsp3) is 0. The monoisotopic (exact) mass is 231 g/mol. The maximum Gasteiger partial charge on any atom is 0.185 e. The zero-order valence-electron chi connectivity index (χ0n) is 8.33. The summed E-state index contributed by atoms with van der Waals surface area (Å²) in [7, 11) is 0. The molecule has 2 heterocycles. The molecule has 0 unspecified atom stereocenters. The first-order valence-electron chi connectivity index (χ1n) is 4.84. The molecular weight excluding hydrogens is 222 g/mol. The van der Waals surface area contributed by atoms with Crippen LogP contribution in [0.2, 0.25) is 0 Å². The molecule has 0 bridgehead atoms. The highest BCUT2D eigenvalue weighted by Gasteiger charge is 2.19. The molecule has 0 fully saturated rings. The number of nitrogens with one attached hydrogen (secondary N) is 1. The number of fused-ring (bicyclic) bond motifs is 1. The van der Waals surface area contributed by atoms with Crippen molar-refractivity contribution in [3.63, 3.8) is 0 Å². The summed E-state index contributed by atoms with van der Waals surface area (Å²) >= 11 is 1.25. The van der Waals surface area contributed by atoms with E-state index in [0.717, 1.165) is 17.0 Å². The lowest BCUT2D eigenvalue weighted by atomic mass is 10.1. The van der Waals surface area contributed by atoms with Gasteiger partial charge in [-0.25, -0.2) is 4.31 Å². The molecule has 80 valence electrons. The van der Waals surface area contributed by atoms with Gasteiger partial charge in [0.15, 0.2) is 18.1 Å². The van der Waals surface area contributed by atoms with E-state index >= 15 is 0 Å². The Morgan fingerprint density at radius 3 is 3.12 bits per heavy atom. The Labute approximate surface area is 97.6 Å². The van der Waals surface area contributed by atoms with E-state index < -0.39 is 0 Å². The molecule has 0 saturated heterocycles. The summed E-state index contributed by atoms with van der Waals surface area (Å²) < 4.78 is 6.97. The number of nitrogens with zero attached hydrogens (tertiary/aromatic N) is 2. The highest BCUT2D eigenvalue weighted by molar-refractivity contribution is 7.93. The molecule has 4 nitrogen and oxygen atoms in total. The highest BCUT2D eigenvalue weighted by atomic mass is 32.2. The lowest BCUT2D eigenvalue weighted by Crippen LogP contribution is -2.20. The summed E-state index contributed by atoms with van der Waals surface area (Å²) in [5, 5.41) is 4.30. The van der Waals surface area contributed by atoms with Gasteiger partial charge < -0.3 is 4.18 Å². The van der Waals surface area contributed by atoms with Crippen molar-refractivity contribution in [1.29, 1.82) is 0 Å². The van der Waals surface area contributed by atoms with Crippen LogP contribution in [0.1, 0.15) is 11.1 Å². The number of hydrazone groups is 1. The van der Waals surface area contributed by atoms with E-state index in [0.29, 0.717) is 0 Å². The number of amidine groups is 1. The Hall–Kier alpha value is -1.88. The molecule has 1 aromatic carbocycles. The van der Waals surface area contributed by atoms with Crippen LogP contribution in [0.5, 0.6) is 0 Å². The predicted molar refractivity (Wildman–Crippen MR) is 64.8 cm³/mol. The minimum absolute atomic E-state index is 0.833. The molecule has 2 aliphatic heterocycles. The largest absolute Gasteiger partial charge is 0.411 e. The Morgan fingerprint density at radius 1 is 1.31 bits per heavy atom. The van der Waals surface area contributed by atoms with Gasteiger partial charge in [0.05, 0.1) is 6.20 Å². The SMILES string of the molecule is C1=Cc2ccccc2C(N2C=COS2)=NN1. The second kappa shape index (κ2) is 3.94. The van der Waals surface area contributed by atoms with Crippen LogP contribution in [0.25, 0.3) is 6.08 Å². The summed E-state index contributed by atoms with van der Waals surface area (Å²) in [5.74, 6) is 0.833. The van der Waals surface area contributed by atoms with E-state index in [4.69, 9.17) is 4.18 Å². The van der Waals surface area contributed by atoms with E-state index in [9.17, 15) is 0 Å². The topological polar surface area (TPSA) is 36.9 Å². The van der Waals surface area contributed by atoms with E-state index in [2.05, 4.69) is 16.6 Å². The van der Waals surface area contributed by atoms with Crippen LogP contribution in [0, 0.1) is 0 Å². The van der Waals surface area contributed by atoms with Crippen LogP contribution in [0.4, 0.5) is 0 Å². The molecule has 0 saturated carbocycles. The third kappa shape index (κ3) is 1.55. The number of hydrogen-bond donors (Lipinski definition) is 1. The molecular formula is C11H9N3OS. The third-order valence-corrected chi connectivity index (χ3v) is 2.95. The van der Waals surface area contributed by atoms with Gasteiger partial charge in [-0.3, -0.25) is 5.43 Å². The number of rotatable bonds is 0. The van der Waals surface area contributed by atoms with Crippen LogP contribution in [0.3, 0.4) is 0 Å². The van der Waals surface area contributed by atoms with Gasteiger partial charge in [0.25, 0.3) is 0 Å². The summed E-state index contributed by atoms with van der Waals surface area (Å²) in [4.78, 5) is 0. The van der Waals surface area contributed by atoms with E-state index in [1.54, 1.807) is 6.26 Å². The fourth-order valence-corrected chi connectivity index (χ4v) is 2.08. The van der Waals surface area contributed by atoms with Crippen molar-refractivity contribution < 1.29 is 4.18 Å². The lowest BCUT2D eigenvalue weighted by molar-refractivity contribution is 0.575. The molecule has 0 spiro atoms. The van der Waals surface area contributed by atoms with Crippen molar-refractivity contribution in [1.82, 2.24) is 9.73 Å². The first kappa shape index (κ1) is 9.35. The van der Waals surface area contributed by atoms with Crippen LogP contribution >= 0.6 is 12.2 Å². The lowest BCUT2D eigenvalue weighted by Gasteiger charge is -2.14. The second-order valence-electron chi connectivity index (χ2n) is 3.27. The minimum atomic E-state index is 0.833. The zero-order chi connectivity index (χ0) is 10.8. The quantitative estimate of drug-likeness (QED) is 0.549. The average Bonchev–Trinajstić information content (AvgIpc) is 2.76. The predicted octanol–water partition coefficient (Wildman–Crippen LogP) is 2.29. The van der Waals surface area contributed by atoms with Gasteiger partial charge in [-0.15, -0.1) is 0 Å². The maximum atomic E-state index is 5.10. The standard InChI is InChI=1S/C11H9N3OS/c1-2-4-10-9(3-1)5-6-12-13-11(10)14-7-8-15-16-14/h1-8,12H. The average molecular weight is 231 g/mol. The number of benzene rings is 1. The zero-order valence-corrected chi connectivity index (χ0v) is 9.15. The Morgan fingerprint density at radius 2 is 2.25 bits per heavy atom.